The van der Waals surface area contributed by atoms with Gasteiger partial charge in [0, 0.05) is 18.3 Å². The van der Waals surface area contributed by atoms with Gasteiger partial charge >= 0.3 is 0 Å². The highest BCUT2D eigenvalue weighted by atomic mass is 35.5. The van der Waals surface area contributed by atoms with Gasteiger partial charge in [0.15, 0.2) is 0 Å². The second-order valence-corrected chi connectivity index (χ2v) is 12.1. The Morgan fingerprint density at radius 2 is 1.90 bits per heavy atom. The van der Waals surface area contributed by atoms with Gasteiger partial charge in [0.1, 0.15) is 17.5 Å². The Bertz CT molecular complexity index is 1370. The van der Waals surface area contributed by atoms with E-state index in [9.17, 15) is 18.8 Å². The van der Waals surface area contributed by atoms with E-state index in [0.29, 0.717) is 17.5 Å². The summed E-state index contributed by atoms with van der Waals surface area (Å²) in [6, 6.07) is 12.5. The molecule has 3 heterocycles. The highest BCUT2D eigenvalue weighted by Crippen LogP contribution is 2.55. The standard InChI is InChI=1S/C31H33ClFN3O4/c1-17-7-6-10-23(18(17)2)35-29(38)27-31-14-13-24(40-31)25(28(37)34-20-11-12-22(33)21(32)15-20)26(31)30(39)36(27)16-19-8-4-3-5-9-19/h3-5,8-9,11-15,17-18,23-27H,6-7,10,16H2,1-2H3,(H,34,37)(H,35,38)/t17-,18+,23+,24+,25-,26+,27+,31+/m1/s1. The van der Waals surface area contributed by atoms with Crippen LogP contribution in [0.2, 0.25) is 5.02 Å². The van der Waals surface area contributed by atoms with Crippen LogP contribution in [0.1, 0.15) is 38.7 Å². The molecule has 210 valence electrons. The van der Waals surface area contributed by atoms with Crippen molar-refractivity contribution in [2.24, 2.45) is 23.7 Å². The van der Waals surface area contributed by atoms with Gasteiger partial charge in [-0.15, -0.1) is 0 Å². The van der Waals surface area contributed by atoms with Crippen molar-refractivity contribution in [2.45, 2.75) is 63.4 Å². The summed E-state index contributed by atoms with van der Waals surface area (Å²) in [6.07, 6.45) is 5.98. The van der Waals surface area contributed by atoms with Gasteiger partial charge in [0.2, 0.25) is 17.7 Å². The highest BCUT2D eigenvalue weighted by Gasteiger charge is 2.72. The Labute approximate surface area is 238 Å². The van der Waals surface area contributed by atoms with Crippen LogP contribution in [0.25, 0.3) is 0 Å². The molecule has 0 aromatic heterocycles. The van der Waals surface area contributed by atoms with E-state index in [-0.39, 0.29) is 29.4 Å². The molecule has 3 fully saturated rings. The van der Waals surface area contributed by atoms with E-state index < -0.39 is 41.3 Å². The average molecular weight is 566 g/mol. The van der Waals surface area contributed by atoms with E-state index >= 15 is 0 Å². The number of ether oxygens (including phenoxy) is 1. The third-order valence-corrected chi connectivity index (χ3v) is 9.63. The molecule has 2 saturated heterocycles. The normalized spacial score (nSPS) is 34.1. The maximum absolute atomic E-state index is 14.1. The van der Waals surface area contributed by atoms with Crippen LogP contribution in [-0.2, 0) is 25.7 Å². The van der Waals surface area contributed by atoms with E-state index in [4.69, 9.17) is 16.3 Å². The summed E-state index contributed by atoms with van der Waals surface area (Å²) < 4.78 is 20.1. The first kappa shape index (κ1) is 27.0. The molecule has 3 amide bonds. The monoisotopic (exact) mass is 565 g/mol. The molecule has 1 spiro atoms. The SMILES string of the molecule is C[C@H]1[C@H](C)CCC[C@@H]1NC(=O)[C@@H]1N(Cc2ccccc2)C(=O)[C@@H]2[C@H](C(=O)Nc3ccc(F)c(Cl)c3)[C@@H]3C=C[C@]21O3. The molecule has 2 aromatic rings. The van der Waals surface area contributed by atoms with Crippen LogP contribution in [-0.4, -0.2) is 46.4 Å². The Morgan fingerprint density at radius 1 is 1.12 bits per heavy atom. The van der Waals surface area contributed by atoms with E-state index in [1.54, 1.807) is 17.1 Å². The molecule has 3 aliphatic heterocycles. The zero-order chi connectivity index (χ0) is 28.2. The van der Waals surface area contributed by atoms with Crippen LogP contribution in [0.15, 0.2) is 60.7 Å². The van der Waals surface area contributed by atoms with Gasteiger partial charge < -0.3 is 20.3 Å². The lowest BCUT2D eigenvalue weighted by Gasteiger charge is -2.38. The summed E-state index contributed by atoms with van der Waals surface area (Å²) in [7, 11) is 0. The second-order valence-electron chi connectivity index (χ2n) is 11.7. The maximum atomic E-state index is 14.1. The minimum Gasteiger partial charge on any atom is -0.359 e. The minimum atomic E-state index is -1.26. The number of nitrogens with zero attached hydrogens (tertiary/aromatic N) is 1. The van der Waals surface area contributed by atoms with Gasteiger partial charge in [-0.05, 0) is 42.0 Å². The molecule has 40 heavy (non-hydrogen) atoms. The lowest BCUT2D eigenvalue weighted by molar-refractivity contribution is -0.142. The predicted molar refractivity (Wildman–Crippen MR) is 149 cm³/mol. The molecule has 2 bridgehead atoms. The molecule has 1 saturated carbocycles. The van der Waals surface area contributed by atoms with E-state index in [1.807, 2.05) is 30.3 Å². The van der Waals surface area contributed by atoms with Crippen LogP contribution in [0, 0.1) is 29.5 Å². The number of hydrogen-bond donors (Lipinski definition) is 2. The van der Waals surface area contributed by atoms with Crippen molar-refractivity contribution >= 4 is 35.0 Å². The van der Waals surface area contributed by atoms with E-state index in [0.717, 1.165) is 24.8 Å². The van der Waals surface area contributed by atoms with Crippen LogP contribution < -0.4 is 10.6 Å². The molecule has 8 atom stereocenters. The van der Waals surface area contributed by atoms with E-state index in [2.05, 4.69) is 24.5 Å². The summed E-state index contributed by atoms with van der Waals surface area (Å²) in [6.45, 7) is 4.59. The van der Waals surface area contributed by atoms with Crippen molar-refractivity contribution in [2.75, 3.05) is 5.32 Å². The number of benzene rings is 2. The smallest absolute Gasteiger partial charge is 0.246 e. The number of carbonyl (C=O) groups excluding carboxylic acids is 3. The number of carbonyl (C=O) groups is 3. The number of halogens is 2. The Balaban J connectivity index is 1.32. The minimum absolute atomic E-state index is 0.00489. The molecule has 4 aliphatic rings. The number of fused-ring (bicyclic) bond motifs is 1. The summed E-state index contributed by atoms with van der Waals surface area (Å²) in [5.41, 5.74) is -0.0595. The fourth-order valence-corrected chi connectivity index (χ4v) is 7.25. The van der Waals surface area contributed by atoms with Crippen molar-refractivity contribution in [3.63, 3.8) is 0 Å². The first-order valence-corrected chi connectivity index (χ1v) is 14.4. The fraction of sp³-hybridized carbons (Fsp3) is 0.452. The number of rotatable bonds is 6. The first-order chi connectivity index (χ1) is 19.2. The van der Waals surface area contributed by atoms with Crippen molar-refractivity contribution in [3.8, 4) is 0 Å². The summed E-state index contributed by atoms with van der Waals surface area (Å²) >= 11 is 5.91. The largest absolute Gasteiger partial charge is 0.359 e. The van der Waals surface area contributed by atoms with Gasteiger partial charge in [0.25, 0.3) is 0 Å². The third-order valence-electron chi connectivity index (χ3n) is 9.34. The van der Waals surface area contributed by atoms with Gasteiger partial charge in [-0.3, -0.25) is 14.4 Å². The molecular formula is C31H33ClFN3O4. The molecule has 0 unspecified atom stereocenters. The fourth-order valence-electron chi connectivity index (χ4n) is 7.06. The highest BCUT2D eigenvalue weighted by molar-refractivity contribution is 6.31. The van der Waals surface area contributed by atoms with Crippen LogP contribution in [0.5, 0.6) is 0 Å². The van der Waals surface area contributed by atoms with Crippen molar-refractivity contribution in [3.05, 3.63) is 77.1 Å². The van der Waals surface area contributed by atoms with E-state index in [1.165, 1.54) is 18.2 Å². The zero-order valence-corrected chi connectivity index (χ0v) is 23.2. The number of likely N-dealkylation sites (tertiary alicyclic amines) is 1. The molecule has 2 aromatic carbocycles. The lowest BCUT2D eigenvalue weighted by atomic mass is 9.73. The molecule has 7 nitrogen and oxygen atoms in total. The second kappa shape index (κ2) is 10.3. The van der Waals surface area contributed by atoms with Gasteiger partial charge in [-0.1, -0.05) is 80.8 Å². The molecule has 6 rings (SSSR count). The average Bonchev–Trinajstić information content (AvgIpc) is 3.57. The van der Waals surface area contributed by atoms with Crippen molar-refractivity contribution in [1.29, 1.82) is 0 Å². The zero-order valence-electron chi connectivity index (χ0n) is 22.5. The number of amides is 3. The van der Waals surface area contributed by atoms with Crippen molar-refractivity contribution in [1.82, 2.24) is 10.2 Å². The first-order valence-electron chi connectivity index (χ1n) is 14.0. The Kier molecular flexibility index (Phi) is 6.95. The third kappa shape index (κ3) is 4.41. The molecule has 0 radical (unpaired) electrons. The Hall–Kier alpha value is -3.23. The molecule has 2 N–H and O–H groups in total. The maximum Gasteiger partial charge on any atom is 0.246 e. The summed E-state index contributed by atoms with van der Waals surface area (Å²) in [4.78, 5) is 43.4. The topological polar surface area (TPSA) is 87.7 Å². The number of hydrogen-bond acceptors (Lipinski definition) is 4. The predicted octanol–water partition coefficient (Wildman–Crippen LogP) is 4.71. The number of anilines is 1. The summed E-state index contributed by atoms with van der Waals surface area (Å²) in [5.74, 6) is -2.51. The van der Waals surface area contributed by atoms with Gasteiger partial charge in [0.05, 0.1) is 23.0 Å². The molecule has 9 heteroatoms. The Morgan fingerprint density at radius 3 is 2.65 bits per heavy atom. The van der Waals surface area contributed by atoms with Gasteiger partial charge in [-0.25, -0.2) is 4.39 Å². The quantitative estimate of drug-likeness (QED) is 0.497. The van der Waals surface area contributed by atoms with Crippen molar-refractivity contribution < 1.29 is 23.5 Å². The lowest BCUT2D eigenvalue weighted by Crippen LogP contribution is -2.57. The number of nitrogens with one attached hydrogen (secondary N) is 2. The molecular weight excluding hydrogens is 533 g/mol. The van der Waals surface area contributed by atoms with Crippen LogP contribution in [0.4, 0.5) is 10.1 Å². The van der Waals surface area contributed by atoms with Crippen LogP contribution in [0.3, 0.4) is 0 Å². The summed E-state index contributed by atoms with van der Waals surface area (Å²) in [5, 5.41) is 5.92. The van der Waals surface area contributed by atoms with Gasteiger partial charge in [-0.2, -0.15) is 0 Å². The molecule has 1 aliphatic carbocycles. The van der Waals surface area contributed by atoms with Crippen LogP contribution >= 0.6 is 11.6 Å².